The monoisotopic (exact) mass is 252 g/mol. The third kappa shape index (κ3) is 2.98. The van der Waals surface area contributed by atoms with Crippen LogP contribution >= 0.6 is 0 Å². The molecule has 0 unspecified atom stereocenters. The van der Waals surface area contributed by atoms with Crippen LogP contribution < -0.4 is 5.32 Å². The highest BCUT2D eigenvalue weighted by Gasteiger charge is 2.22. The van der Waals surface area contributed by atoms with E-state index in [0.717, 1.165) is 18.4 Å². The minimum Gasteiger partial charge on any atom is -0.391 e. The fraction of sp³-hybridized carbons (Fsp3) is 0.538. The van der Waals surface area contributed by atoms with Gasteiger partial charge in [-0.05, 0) is 31.4 Å². The van der Waals surface area contributed by atoms with E-state index in [9.17, 15) is 15.2 Å². The van der Waals surface area contributed by atoms with Crippen molar-refractivity contribution in [3.63, 3.8) is 0 Å². The van der Waals surface area contributed by atoms with E-state index in [4.69, 9.17) is 0 Å². The number of nitrogens with one attached hydrogen (secondary N) is 1. The van der Waals surface area contributed by atoms with Crippen LogP contribution in [0.2, 0.25) is 0 Å². The lowest BCUT2D eigenvalue weighted by atomic mass is 10.0. The van der Waals surface area contributed by atoms with Gasteiger partial charge >= 0.3 is 0 Å². The molecule has 2 N–H and O–H groups in total. The SMILES string of the molecule is CCC(CC)Nc1ccc(C)c(CO)c1[N+](=O)[O-]. The third-order valence-electron chi connectivity index (χ3n) is 3.20. The van der Waals surface area contributed by atoms with Gasteiger partial charge in [0.25, 0.3) is 5.69 Å². The summed E-state index contributed by atoms with van der Waals surface area (Å²) in [6, 6.07) is 3.71. The molecule has 0 bridgehead atoms. The number of nitro benzene ring substituents is 1. The van der Waals surface area contributed by atoms with Crippen molar-refractivity contribution in [3.8, 4) is 0 Å². The van der Waals surface area contributed by atoms with Crippen LogP contribution in [0.25, 0.3) is 0 Å². The van der Waals surface area contributed by atoms with Crippen LogP contribution in [0.1, 0.15) is 37.8 Å². The Labute approximate surface area is 107 Å². The van der Waals surface area contributed by atoms with E-state index >= 15 is 0 Å². The number of aryl methyl sites for hydroxylation is 1. The number of aliphatic hydroxyl groups is 1. The maximum atomic E-state index is 11.2. The van der Waals surface area contributed by atoms with Crippen LogP contribution in [0.3, 0.4) is 0 Å². The number of rotatable bonds is 6. The molecule has 1 aromatic carbocycles. The molecule has 0 spiro atoms. The van der Waals surface area contributed by atoms with Crippen molar-refractivity contribution < 1.29 is 10.0 Å². The quantitative estimate of drug-likeness (QED) is 0.602. The number of hydrogen-bond donors (Lipinski definition) is 2. The second-order valence-corrected chi connectivity index (χ2v) is 4.33. The molecule has 0 heterocycles. The van der Waals surface area contributed by atoms with E-state index in [1.807, 2.05) is 13.8 Å². The average molecular weight is 252 g/mol. The highest BCUT2D eigenvalue weighted by molar-refractivity contribution is 5.67. The lowest BCUT2D eigenvalue weighted by molar-refractivity contribution is -0.385. The van der Waals surface area contributed by atoms with Crippen molar-refractivity contribution in [2.45, 2.75) is 46.3 Å². The molecule has 0 aliphatic carbocycles. The van der Waals surface area contributed by atoms with Crippen molar-refractivity contribution in [3.05, 3.63) is 33.4 Å². The molecule has 0 atom stereocenters. The molecule has 0 fully saturated rings. The predicted octanol–water partition coefficient (Wildman–Crippen LogP) is 3.00. The summed E-state index contributed by atoms with van der Waals surface area (Å²) in [5, 5.41) is 23.6. The molecule has 0 saturated carbocycles. The van der Waals surface area contributed by atoms with E-state index in [1.54, 1.807) is 19.1 Å². The summed E-state index contributed by atoms with van der Waals surface area (Å²) in [7, 11) is 0. The smallest absolute Gasteiger partial charge is 0.298 e. The van der Waals surface area contributed by atoms with Crippen LogP contribution in [-0.2, 0) is 6.61 Å². The Morgan fingerprint density at radius 1 is 1.39 bits per heavy atom. The van der Waals surface area contributed by atoms with Gasteiger partial charge < -0.3 is 10.4 Å². The van der Waals surface area contributed by atoms with Crippen molar-refractivity contribution in [1.29, 1.82) is 0 Å². The van der Waals surface area contributed by atoms with Crippen LogP contribution in [0.4, 0.5) is 11.4 Å². The molecule has 0 aliphatic rings. The zero-order chi connectivity index (χ0) is 13.7. The second-order valence-electron chi connectivity index (χ2n) is 4.33. The molecule has 0 amide bonds. The van der Waals surface area contributed by atoms with Gasteiger partial charge in [0.05, 0.1) is 17.1 Å². The number of aliphatic hydroxyl groups excluding tert-OH is 1. The summed E-state index contributed by atoms with van der Waals surface area (Å²) in [4.78, 5) is 10.7. The molecule has 18 heavy (non-hydrogen) atoms. The number of benzene rings is 1. The maximum Gasteiger partial charge on any atom is 0.298 e. The Morgan fingerprint density at radius 3 is 2.44 bits per heavy atom. The first-order valence-corrected chi connectivity index (χ1v) is 6.19. The van der Waals surface area contributed by atoms with Crippen LogP contribution in [-0.4, -0.2) is 16.1 Å². The van der Waals surface area contributed by atoms with Gasteiger partial charge in [0.1, 0.15) is 5.69 Å². The fourth-order valence-electron chi connectivity index (χ4n) is 1.97. The van der Waals surface area contributed by atoms with Crippen LogP contribution in [0, 0.1) is 17.0 Å². The second kappa shape index (κ2) is 6.35. The van der Waals surface area contributed by atoms with Crippen molar-refractivity contribution in [2.75, 3.05) is 5.32 Å². The van der Waals surface area contributed by atoms with Crippen LogP contribution in [0.5, 0.6) is 0 Å². The van der Waals surface area contributed by atoms with Gasteiger partial charge in [0.15, 0.2) is 0 Å². The molecule has 0 aliphatic heterocycles. The third-order valence-corrected chi connectivity index (χ3v) is 3.20. The molecule has 1 aromatic rings. The normalized spacial score (nSPS) is 10.7. The molecule has 5 heteroatoms. The molecular formula is C13H20N2O3. The molecular weight excluding hydrogens is 232 g/mol. The van der Waals surface area contributed by atoms with Gasteiger partial charge in [-0.2, -0.15) is 0 Å². The standard InChI is InChI=1S/C13H20N2O3/c1-4-10(5-2)14-12-7-6-9(3)11(8-16)13(12)15(17)18/h6-7,10,14,16H,4-5,8H2,1-3H3. The van der Waals surface area contributed by atoms with Gasteiger partial charge in [-0.25, -0.2) is 0 Å². The summed E-state index contributed by atoms with van der Waals surface area (Å²) in [5.74, 6) is 0. The summed E-state index contributed by atoms with van der Waals surface area (Å²) in [5.41, 5.74) is 1.60. The first kappa shape index (κ1) is 14.4. The summed E-state index contributed by atoms with van der Waals surface area (Å²) >= 11 is 0. The lowest BCUT2D eigenvalue weighted by Crippen LogP contribution is -2.18. The topological polar surface area (TPSA) is 75.4 Å². The lowest BCUT2D eigenvalue weighted by Gasteiger charge is -2.17. The number of nitrogens with zero attached hydrogens (tertiary/aromatic N) is 1. The molecule has 0 saturated heterocycles. The Hall–Kier alpha value is -1.62. The van der Waals surface area contributed by atoms with Gasteiger partial charge in [-0.1, -0.05) is 19.9 Å². The predicted molar refractivity (Wildman–Crippen MR) is 71.7 cm³/mol. The molecule has 1 rings (SSSR count). The molecule has 0 radical (unpaired) electrons. The van der Waals surface area contributed by atoms with E-state index < -0.39 is 4.92 Å². The summed E-state index contributed by atoms with van der Waals surface area (Å²) < 4.78 is 0. The molecule has 100 valence electrons. The maximum absolute atomic E-state index is 11.2. The fourth-order valence-corrected chi connectivity index (χ4v) is 1.97. The largest absolute Gasteiger partial charge is 0.391 e. The van der Waals surface area contributed by atoms with Crippen molar-refractivity contribution in [1.82, 2.24) is 0 Å². The van der Waals surface area contributed by atoms with Crippen molar-refractivity contribution >= 4 is 11.4 Å². The minimum atomic E-state index is -0.427. The average Bonchev–Trinajstić information content (AvgIpc) is 2.36. The summed E-state index contributed by atoms with van der Waals surface area (Å²) in [6.45, 7) is 5.52. The minimum absolute atomic E-state index is 0.00981. The Bertz CT molecular complexity index is 428. The number of anilines is 1. The van der Waals surface area contributed by atoms with Gasteiger partial charge in [0, 0.05) is 6.04 Å². The molecule has 0 aromatic heterocycles. The van der Waals surface area contributed by atoms with E-state index in [0.29, 0.717) is 11.3 Å². The number of hydrogen-bond acceptors (Lipinski definition) is 4. The van der Waals surface area contributed by atoms with Crippen molar-refractivity contribution in [2.24, 2.45) is 0 Å². The Balaban J connectivity index is 3.22. The van der Waals surface area contributed by atoms with E-state index in [1.165, 1.54) is 0 Å². The molecule has 5 nitrogen and oxygen atoms in total. The van der Waals surface area contributed by atoms with Crippen LogP contribution in [0.15, 0.2) is 12.1 Å². The van der Waals surface area contributed by atoms with Gasteiger partial charge in [-0.3, -0.25) is 10.1 Å². The van der Waals surface area contributed by atoms with Gasteiger partial charge in [0.2, 0.25) is 0 Å². The zero-order valence-electron chi connectivity index (χ0n) is 11.1. The highest BCUT2D eigenvalue weighted by atomic mass is 16.6. The number of nitro groups is 1. The van der Waals surface area contributed by atoms with E-state index in [-0.39, 0.29) is 18.3 Å². The van der Waals surface area contributed by atoms with E-state index in [2.05, 4.69) is 5.32 Å². The Morgan fingerprint density at radius 2 is 2.00 bits per heavy atom. The van der Waals surface area contributed by atoms with Gasteiger partial charge in [-0.15, -0.1) is 0 Å². The first-order chi connectivity index (χ1) is 8.54. The first-order valence-electron chi connectivity index (χ1n) is 6.19. The zero-order valence-corrected chi connectivity index (χ0v) is 11.1. The highest BCUT2D eigenvalue weighted by Crippen LogP contribution is 2.32. The summed E-state index contributed by atoms with van der Waals surface area (Å²) in [6.07, 6.45) is 1.80. The Kier molecular flexibility index (Phi) is 5.09.